The lowest BCUT2D eigenvalue weighted by Crippen LogP contribution is -1.92. The van der Waals surface area contributed by atoms with Crippen LogP contribution in [0.3, 0.4) is 0 Å². The van der Waals surface area contributed by atoms with Gasteiger partial charge in [-0.15, -0.1) is 0 Å². The van der Waals surface area contributed by atoms with Crippen LogP contribution in [-0.2, 0) is 0 Å². The van der Waals surface area contributed by atoms with E-state index in [1.54, 1.807) is 26.5 Å². The molecule has 0 amide bonds. The molecule has 0 bridgehead atoms. The van der Waals surface area contributed by atoms with Gasteiger partial charge in [-0.2, -0.15) is 0 Å². The first kappa shape index (κ1) is 10.9. The molecule has 1 aromatic carbocycles. The molecule has 0 aliphatic heterocycles. The normalized spacial score (nSPS) is 10.2. The van der Waals surface area contributed by atoms with Gasteiger partial charge in [0.1, 0.15) is 5.76 Å². The molecule has 0 fully saturated rings. The monoisotopic (exact) mass is 238 g/mol. The molecular weight excluding hydrogens is 228 g/mol. The molecule has 4 heteroatoms. The second-order valence-electron chi connectivity index (χ2n) is 3.17. The fraction of sp³-hybridized carbons (Fsp3) is 0.167. The van der Waals surface area contributed by atoms with Crippen molar-refractivity contribution in [1.82, 2.24) is 0 Å². The first-order valence-electron chi connectivity index (χ1n) is 4.71. The highest BCUT2D eigenvalue weighted by atomic mass is 35.5. The highest BCUT2D eigenvalue weighted by Crippen LogP contribution is 2.39. The van der Waals surface area contributed by atoms with Crippen molar-refractivity contribution in [2.75, 3.05) is 14.2 Å². The van der Waals surface area contributed by atoms with Gasteiger partial charge < -0.3 is 13.9 Å². The van der Waals surface area contributed by atoms with Crippen molar-refractivity contribution in [2.24, 2.45) is 0 Å². The molecule has 0 saturated carbocycles. The molecule has 0 atom stereocenters. The lowest BCUT2D eigenvalue weighted by Gasteiger charge is -2.10. The molecule has 0 unspecified atom stereocenters. The predicted octanol–water partition coefficient (Wildman–Crippen LogP) is 3.62. The zero-order chi connectivity index (χ0) is 11.5. The average molecular weight is 239 g/mol. The smallest absolute Gasteiger partial charge is 0.179 e. The molecule has 1 aromatic heterocycles. The Balaban J connectivity index is 2.54. The number of rotatable bonds is 3. The largest absolute Gasteiger partial charge is 0.493 e. The second kappa shape index (κ2) is 4.49. The van der Waals surface area contributed by atoms with Crippen molar-refractivity contribution >= 4 is 11.6 Å². The predicted molar refractivity (Wildman–Crippen MR) is 62.3 cm³/mol. The molecule has 16 heavy (non-hydrogen) atoms. The average Bonchev–Trinajstić information content (AvgIpc) is 2.81. The molecule has 0 aliphatic carbocycles. The van der Waals surface area contributed by atoms with Crippen molar-refractivity contribution in [2.45, 2.75) is 0 Å². The fourth-order valence-electron chi connectivity index (χ4n) is 1.50. The highest BCUT2D eigenvalue weighted by Gasteiger charge is 2.12. The van der Waals surface area contributed by atoms with Gasteiger partial charge >= 0.3 is 0 Å². The maximum atomic E-state index is 6.08. The molecule has 0 spiro atoms. The van der Waals surface area contributed by atoms with Crippen LogP contribution in [0.2, 0.25) is 5.02 Å². The molecule has 1 heterocycles. The summed E-state index contributed by atoms with van der Waals surface area (Å²) in [7, 11) is 3.12. The standard InChI is InChI=1S/C12H11ClO3/c1-14-11-7-8(10-4-3-5-16-10)6-9(13)12(11)15-2/h3-7H,1-2H3. The number of methoxy groups -OCH3 is 2. The molecule has 0 aliphatic rings. The Kier molecular flexibility index (Phi) is 3.06. The number of hydrogen-bond acceptors (Lipinski definition) is 3. The second-order valence-corrected chi connectivity index (χ2v) is 3.58. The zero-order valence-electron chi connectivity index (χ0n) is 8.99. The van der Waals surface area contributed by atoms with Crippen molar-refractivity contribution in [3.8, 4) is 22.8 Å². The third kappa shape index (κ3) is 1.86. The molecule has 84 valence electrons. The minimum Gasteiger partial charge on any atom is -0.493 e. The molecule has 2 rings (SSSR count). The molecule has 0 radical (unpaired) electrons. The van der Waals surface area contributed by atoms with E-state index in [-0.39, 0.29) is 0 Å². The maximum absolute atomic E-state index is 6.08. The summed E-state index contributed by atoms with van der Waals surface area (Å²) in [5.41, 5.74) is 0.854. The molecule has 0 saturated heterocycles. The van der Waals surface area contributed by atoms with Crippen molar-refractivity contribution < 1.29 is 13.9 Å². The lowest BCUT2D eigenvalue weighted by molar-refractivity contribution is 0.355. The van der Waals surface area contributed by atoms with Crippen LogP contribution in [-0.4, -0.2) is 14.2 Å². The lowest BCUT2D eigenvalue weighted by atomic mass is 10.1. The fourth-order valence-corrected chi connectivity index (χ4v) is 1.79. The topological polar surface area (TPSA) is 31.6 Å². The van der Waals surface area contributed by atoms with Crippen LogP contribution in [0.15, 0.2) is 34.9 Å². The van der Waals surface area contributed by atoms with Gasteiger partial charge in [-0.3, -0.25) is 0 Å². The van der Waals surface area contributed by atoms with Gasteiger partial charge in [-0.25, -0.2) is 0 Å². The SMILES string of the molecule is COc1cc(-c2ccco2)cc(Cl)c1OC. The van der Waals surface area contributed by atoms with Crippen LogP contribution >= 0.6 is 11.6 Å². The minimum atomic E-state index is 0.494. The van der Waals surface area contributed by atoms with Crippen LogP contribution in [0.5, 0.6) is 11.5 Å². The first-order valence-corrected chi connectivity index (χ1v) is 5.09. The van der Waals surface area contributed by atoms with Crippen LogP contribution in [0, 0.1) is 0 Å². The Morgan fingerprint density at radius 2 is 2.00 bits per heavy atom. The molecule has 0 N–H and O–H groups in total. The van der Waals surface area contributed by atoms with E-state index in [1.165, 1.54) is 0 Å². The van der Waals surface area contributed by atoms with Gasteiger partial charge in [0.05, 0.1) is 25.5 Å². The number of benzene rings is 1. The van der Waals surface area contributed by atoms with E-state index >= 15 is 0 Å². The van der Waals surface area contributed by atoms with E-state index < -0.39 is 0 Å². The molecular formula is C12H11ClO3. The van der Waals surface area contributed by atoms with Gasteiger partial charge in [0, 0.05) is 5.56 Å². The number of furan rings is 1. The highest BCUT2D eigenvalue weighted by molar-refractivity contribution is 6.32. The van der Waals surface area contributed by atoms with E-state index in [0.717, 1.165) is 11.3 Å². The first-order chi connectivity index (χ1) is 7.76. The summed E-state index contributed by atoms with van der Waals surface area (Å²) in [4.78, 5) is 0. The van der Waals surface area contributed by atoms with Crippen LogP contribution in [0.1, 0.15) is 0 Å². The van der Waals surface area contributed by atoms with Gasteiger partial charge in [-0.1, -0.05) is 11.6 Å². The van der Waals surface area contributed by atoms with Crippen molar-refractivity contribution in [3.05, 3.63) is 35.6 Å². The van der Waals surface area contributed by atoms with Crippen LogP contribution in [0.25, 0.3) is 11.3 Å². The van der Waals surface area contributed by atoms with Gasteiger partial charge in [-0.05, 0) is 24.3 Å². The van der Waals surface area contributed by atoms with Gasteiger partial charge in [0.2, 0.25) is 0 Å². The van der Waals surface area contributed by atoms with E-state index in [9.17, 15) is 0 Å². The summed E-state index contributed by atoms with van der Waals surface area (Å²) in [5, 5.41) is 0.494. The third-order valence-electron chi connectivity index (χ3n) is 2.24. The van der Waals surface area contributed by atoms with E-state index in [0.29, 0.717) is 16.5 Å². The van der Waals surface area contributed by atoms with Crippen LogP contribution < -0.4 is 9.47 Å². The van der Waals surface area contributed by atoms with Crippen LogP contribution in [0.4, 0.5) is 0 Å². The quantitative estimate of drug-likeness (QED) is 0.819. The summed E-state index contributed by atoms with van der Waals surface area (Å²) < 4.78 is 15.6. The van der Waals surface area contributed by atoms with Gasteiger partial charge in [0.25, 0.3) is 0 Å². The summed E-state index contributed by atoms with van der Waals surface area (Å²) in [6, 6.07) is 7.28. The Hall–Kier alpha value is -1.61. The number of halogens is 1. The summed E-state index contributed by atoms with van der Waals surface area (Å²) >= 11 is 6.08. The summed E-state index contributed by atoms with van der Waals surface area (Å²) in [6.07, 6.45) is 1.61. The third-order valence-corrected chi connectivity index (χ3v) is 2.52. The van der Waals surface area contributed by atoms with Gasteiger partial charge in [0.15, 0.2) is 11.5 Å². The zero-order valence-corrected chi connectivity index (χ0v) is 9.75. The Morgan fingerprint density at radius 1 is 1.19 bits per heavy atom. The molecule has 2 aromatic rings. The Morgan fingerprint density at radius 3 is 2.56 bits per heavy atom. The number of hydrogen-bond donors (Lipinski definition) is 0. The molecule has 3 nitrogen and oxygen atoms in total. The Bertz CT molecular complexity index is 477. The summed E-state index contributed by atoms with van der Waals surface area (Å²) in [6.45, 7) is 0. The Labute approximate surface area is 98.5 Å². The number of ether oxygens (including phenoxy) is 2. The van der Waals surface area contributed by atoms with Crippen molar-refractivity contribution in [3.63, 3.8) is 0 Å². The van der Waals surface area contributed by atoms with E-state index in [1.807, 2.05) is 18.2 Å². The van der Waals surface area contributed by atoms with Crippen molar-refractivity contribution in [1.29, 1.82) is 0 Å². The summed E-state index contributed by atoms with van der Waals surface area (Å²) in [5.74, 6) is 1.85. The minimum absolute atomic E-state index is 0.494. The maximum Gasteiger partial charge on any atom is 0.179 e. The van der Waals surface area contributed by atoms with E-state index in [4.69, 9.17) is 25.5 Å². The van der Waals surface area contributed by atoms with E-state index in [2.05, 4.69) is 0 Å².